The molecule has 0 aromatic heterocycles. The first-order valence-corrected chi connectivity index (χ1v) is 11.0. The van der Waals surface area contributed by atoms with Crippen LogP contribution in [-0.2, 0) is 25.7 Å². The van der Waals surface area contributed by atoms with Crippen LogP contribution in [0, 0.1) is 0 Å². The Kier molecular flexibility index (Phi) is 10.7. The molecule has 0 spiro atoms. The summed E-state index contributed by atoms with van der Waals surface area (Å²) >= 11 is 0. The van der Waals surface area contributed by atoms with Gasteiger partial charge in [0.1, 0.15) is 25.9 Å². The van der Waals surface area contributed by atoms with Crippen LogP contribution in [0.5, 0.6) is 0 Å². The lowest BCUT2D eigenvalue weighted by molar-refractivity contribution is -0.138. The van der Waals surface area contributed by atoms with E-state index in [4.69, 9.17) is 16.2 Å². The second-order valence-electron chi connectivity index (χ2n) is 7.77. The molecule has 186 valence electrons. The fraction of sp³-hybridized carbons (Fsp3) is 0.500. The summed E-state index contributed by atoms with van der Waals surface area (Å²) in [6.07, 6.45) is 0.721. The normalized spacial score (nSPS) is 15.8. The number of nitrogens with zero attached hydrogens (tertiary/aromatic N) is 2. The number of nitrogens with one attached hydrogen (secondary N) is 2. The van der Waals surface area contributed by atoms with Gasteiger partial charge in [-0.25, -0.2) is 9.18 Å². The lowest BCUT2D eigenvalue weighted by atomic mass is 10.1. The Bertz CT molecular complexity index is 878. The number of alkyl halides is 1. The van der Waals surface area contributed by atoms with Gasteiger partial charge in [-0.2, -0.15) is 0 Å². The van der Waals surface area contributed by atoms with Crippen molar-refractivity contribution >= 4 is 29.7 Å². The molecule has 1 heterocycles. The van der Waals surface area contributed by atoms with E-state index in [1.165, 1.54) is 4.90 Å². The van der Waals surface area contributed by atoms with Crippen molar-refractivity contribution in [1.29, 1.82) is 0 Å². The first-order valence-electron chi connectivity index (χ1n) is 11.0. The quantitative estimate of drug-likeness (QED) is 0.186. The van der Waals surface area contributed by atoms with Gasteiger partial charge < -0.3 is 31.7 Å². The molecule has 6 N–H and O–H groups in total. The number of ketones is 1. The summed E-state index contributed by atoms with van der Waals surface area (Å²) in [5.41, 5.74) is 11.3. The van der Waals surface area contributed by atoms with E-state index in [0.717, 1.165) is 5.56 Å². The number of carbonyl (C=O) groups is 4. The Labute approximate surface area is 197 Å². The van der Waals surface area contributed by atoms with Crippen LogP contribution in [0.3, 0.4) is 0 Å². The van der Waals surface area contributed by atoms with Gasteiger partial charge in [0.25, 0.3) is 0 Å². The zero-order chi connectivity index (χ0) is 24.9. The van der Waals surface area contributed by atoms with E-state index in [9.17, 15) is 23.6 Å². The minimum atomic E-state index is -1.23. The van der Waals surface area contributed by atoms with E-state index in [2.05, 4.69) is 15.6 Å². The molecular weight excluding hydrogens is 447 g/mol. The summed E-state index contributed by atoms with van der Waals surface area (Å²) < 4.78 is 18.0. The molecule has 1 aliphatic rings. The number of alkyl carbamates (subject to hydrolysis) is 1. The van der Waals surface area contributed by atoms with E-state index in [-0.39, 0.29) is 32.1 Å². The topological polar surface area (TPSA) is 169 Å². The lowest BCUT2D eigenvalue weighted by Gasteiger charge is -2.26. The maximum Gasteiger partial charge on any atom is 0.407 e. The third-order valence-corrected chi connectivity index (χ3v) is 5.25. The molecule has 1 saturated heterocycles. The van der Waals surface area contributed by atoms with Crippen LogP contribution < -0.4 is 22.1 Å². The highest BCUT2D eigenvalue weighted by Crippen LogP contribution is 2.18. The Morgan fingerprint density at radius 1 is 1.21 bits per heavy atom. The number of nitrogens with two attached hydrogens (primary N) is 2. The first kappa shape index (κ1) is 26.6. The Hall–Kier alpha value is -3.70. The maximum atomic E-state index is 13.0. The molecule has 11 nitrogen and oxygen atoms in total. The number of hydrogen-bond donors (Lipinski definition) is 4. The van der Waals surface area contributed by atoms with Gasteiger partial charge in [-0.15, -0.1) is 0 Å². The second kappa shape index (κ2) is 13.8. The van der Waals surface area contributed by atoms with Crippen LogP contribution in [0.1, 0.15) is 31.2 Å². The highest BCUT2D eigenvalue weighted by atomic mass is 19.1. The van der Waals surface area contributed by atoms with Gasteiger partial charge in [0.15, 0.2) is 11.7 Å². The van der Waals surface area contributed by atoms with Crippen LogP contribution >= 0.6 is 0 Å². The molecule has 1 fully saturated rings. The highest BCUT2D eigenvalue weighted by molar-refractivity contribution is 5.94. The third-order valence-electron chi connectivity index (χ3n) is 5.25. The maximum absolute atomic E-state index is 13.0. The molecule has 0 bridgehead atoms. The van der Waals surface area contributed by atoms with E-state index in [0.29, 0.717) is 25.8 Å². The van der Waals surface area contributed by atoms with Crippen molar-refractivity contribution in [1.82, 2.24) is 15.5 Å². The van der Waals surface area contributed by atoms with Crippen molar-refractivity contribution in [3.8, 4) is 0 Å². The number of hydrogen-bond acceptors (Lipinski definition) is 6. The van der Waals surface area contributed by atoms with Crippen molar-refractivity contribution in [3.05, 3.63) is 35.9 Å². The van der Waals surface area contributed by atoms with Crippen molar-refractivity contribution in [3.63, 3.8) is 0 Å². The van der Waals surface area contributed by atoms with Crippen LogP contribution in [0.4, 0.5) is 9.18 Å². The van der Waals surface area contributed by atoms with E-state index < -0.39 is 42.4 Å². The first-order chi connectivity index (χ1) is 16.3. The summed E-state index contributed by atoms with van der Waals surface area (Å²) in [6.45, 7) is -0.959. The molecule has 1 aliphatic heterocycles. The predicted molar refractivity (Wildman–Crippen MR) is 122 cm³/mol. The molecule has 0 saturated carbocycles. The fourth-order valence-corrected chi connectivity index (χ4v) is 3.54. The van der Waals surface area contributed by atoms with Gasteiger partial charge in [-0.3, -0.25) is 19.4 Å². The number of rotatable bonds is 12. The Morgan fingerprint density at radius 2 is 1.94 bits per heavy atom. The highest BCUT2D eigenvalue weighted by Gasteiger charge is 2.35. The number of Topliss-reactive ketones (excluding diaryl/α,β-unsaturated/α-hetero) is 1. The molecule has 12 heteroatoms. The van der Waals surface area contributed by atoms with Gasteiger partial charge >= 0.3 is 6.09 Å². The number of carbonyl (C=O) groups excluding carboxylic acids is 4. The van der Waals surface area contributed by atoms with Crippen molar-refractivity contribution in [2.45, 2.75) is 44.4 Å². The average molecular weight is 479 g/mol. The number of likely N-dealkylation sites (tertiary alicyclic amines) is 1. The summed E-state index contributed by atoms with van der Waals surface area (Å²) in [5.74, 6) is -1.88. The molecule has 0 unspecified atom stereocenters. The van der Waals surface area contributed by atoms with Crippen LogP contribution in [0.2, 0.25) is 0 Å². The molecule has 1 aromatic rings. The summed E-state index contributed by atoms with van der Waals surface area (Å²) in [7, 11) is 0. The number of aliphatic imine (C=N–C) groups is 1. The minimum absolute atomic E-state index is 0.0583. The van der Waals surface area contributed by atoms with Crippen molar-refractivity contribution in [2.75, 3.05) is 26.3 Å². The zero-order valence-corrected chi connectivity index (χ0v) is 18.9. The smallest absolute Gasteiger partial charge is 0.407 e. The fourth-order valence-electron chi connectivity index (χ4n) is 3.54. The molecule has 1 aromatic carbocycles. The molecule has 0 radical (unpaired) electrons. The van der Waals surface area contributed by atoms with E-state index >= 15 is 0 Å². The van der Waals surface area contributed by atoms with Crippen molar-refractivity contribution < 1.29 is 28.3 Å². The number of benzene rings is 1. The third kappa shape index (κ3) is 8.68. The van der Waals surface area contributed by atoms with Gasteiger partial charge in [0.2, 0.25) is 11.8 Å². The van der Waals surface area contributed by atoms with Gasteiger partial charge in [-0.05, 0) is 31.2 Å². The molecule has 0 aliphatic carbocycles. The van der Waals surface area contributed by atoms with Gasteiger partial charge in [0.05, 0.1) is 6.04 Å². The number of halogens is 1. The largest absolute Gasteiger partial charge is 0.445 e. The zero-order valence-electron chi connectivity index (χ0n) is 18.9. The Morgan fingerprint density at radius 3 is 2.62 bits per heavy atom. The predicted octanol–water partition coefficient (Wildman–Crippen LogP) is -0.0192. The SMILES string of the molecule is NC(N)=NCCC[C@H](NC(=O)[C@@H]1CCCN1C(=O)CNC(=O)OCc1ccccc1)C(=O)CF. The number of ether oxygens (including phenoxy) is 1. The Balaban J connectivity index is 1.84. The summed E-state index contributed by atoms with van der Waals surface area (Å²) in [4.78, 5) is 54.3. The van der Waals surface area contributed by atoms with E-state index in [1.807, 2.05) is 18.2 Å². The number of guanidine groups is 1. The molecule has 2 rings (SSSR count). The van der Waals surface area contributed by atoms with Crippen LogP contribution in [0.15, 0.2) is 35.3 Å². The van der Waals surface area contributed by atoms with Gasteiger partial charge in [0, 0.05) is 13.1 Å². The molecule has 3 amide bonds. The van der Waals surface area contributed by atoms with Crippen molar-refractivity contribution in [2.24, 2.45) is 16.5 Å². The molecule has 2 atom stereocenters. The monoisotopic (exact) mass is 478 g/mol. The van der Waals surface area contributed by atoms with E-state index in [1.54, 1.807) is 12.1 Å². The summed E-state index contributed by atoms with van der Waals surface area (Å²) in [5, 5.41) is 4.92. The van der Waals surface area contributed by atoms with Crippen LogP contribution in [0.25, 0.3) is 0 Å². The van der Waals surface area contributed by atoms with Gasteiger partial charge in [-0.1, -0.05) is 30.3 Å². The van der Waals surface area contributed by atoms with Crippen LogP contribution in [-0.4, -0.2) is 72.9 Å². The summed E-state index contributed by atoms with van der Waals surface area (Å²) in [6, 6.07) is 7.20. The average Bonchev–Trinajstić information content (AvgIpc) is 3.33. The minimum Gasteiger partial charge on any atom is -0.445 e. The molecular formula is C22H31FN6O5. The lowest BCUT2D eigenvalue weighted by Crippen LogP contribution is -2.52. The number of amides is 3. The molecule has 34 heavy (non-hydrogen) atoms. The standard InChI is InChI=1S/C22H31FN6O5/c23-12-18(30)16(8-4-10-26-21(24)25)28-20(32)17-9-5-11-29(17)19(31)13-27-22(33)34-14-15-6-2-1-3-7-15/h1-3,6-7,16-17H,4-5,8-14H2,(H,27,33)(H,28,32)(H4,24,25,26)/t16-,17-/m0/s1. The second-order valence-corrected chi connectivity index (χ2v) is 7.77.